The fourth-order valence-corrected chi connectivity index (χ4v) is 6.94. The molecule has 1 aromatic carbocycles. The Morgan fingerprint density at radius 1 is 0.975 bits per heavy atom. The molecule has 4 aliphatic rings. The highest BCUT2D eigenvalue weighted by Crippen LogP contribution is 2.42. The highest BCUT2D eigenvalue weighted by Gasteiger charge is 2.43. The molecule has 2 amide bonds. The fraction of sp³-hybridized carbons (Fsp3) is 0.621. The van der Waals surface area contributed by atoms with Crippen LogP contribution in [0.2, 0.25) is 0 Å². The van der Waals surface area contributed by atoms with E-state index in [9.17, 15) is 22.8 Å². The Morgan fingerprint density at radius 2 is 1.62 bits per heavy atom. The van der Waals surface area contributed by atoms with Crippen molar-refractivity contribution in [2.24, 2.45) is 17.8 Å². The number of piperazine rings is 1. The van der Waals surface area contributed by atoms with Crippen molar-refractivity contribution < 1.29 is 22.8 Å². The van der Waals surface area contributed by atoms with E-state index < -0.39 is 11.7 Å². The number of nitrogens with zero attached hydrogens (tertiary/aromatic N) is 6. The molecule has 2 aromatic rings. The van der Waals surface area contributed by atoms with Gasteiger partial charge in [0.25, 0.3) is 5.91 Å². The van der Waals surface area contributed by atoms with Crippen LogP contribution >= 0.6 is 0 Å². The minimum atomic E-state index is -4.32. The van der Waals surface area contributed by atoms with Gasteiger partial charge in [0.2, 0.25) is 0 Å². The number of fused-ring (bicyclic) bond motifs is 1. The van der Waals surface area contributed by atoms with Crippen molar-refractivity contribution in [3.05, 3.63) is 53.3 Å². The average molecular weight is 559 g/mol. The third kappa shape index (κ3) is 5.90. The second-order valence-electron chi connectivity index (χ2n) is 12.2. The molecule has 8 nitrogen and oxygen atoms in total. The lowest BCUT2D eigenvalue weighted by Gasteiger charge is -2.34. The molecule has 0 spiro atoms. The van der Waals surface area contributed by atoms with Gasteiger partial charge in [-0.2, -0.15) is 23.0 Å². The lowest BCUT2D eigenvalue weighted by Crippen LogP contribution is -2.49. The zero-order valence-electron chi connectivity index (χ0n) is 22.9. The summed E-state index contributed by atoms with van der Waals surface area (Å²) in [7, 11) is 2.01. The molecule has 3 atom stereocenters. The van der Waals surface area contributed by atoms with Crippen molar-refractivity contribution >= 4 is 11.9 Å². The van der Waals surface area contributed by atoms with Crippen molar-refractivity contribution in [1.29, 1.82) is 0 Å². The normalized spacial score (nSPS) is 25.6. The molecule has 2 saturated carbocycles. The van der Waals surface area contributed by atoms with Crippen LogP contribution in [-0.2, 0) is 12.7 Å². The Balaban J connectivity index is 0.960. The smallest absolute Gasteiger partial charge is 0.336 e. The van der Waals surface area contributed by atoms with Crippen LogP contribution in [0.15, 0.2) is 36.7 Å². The number of carbonyl (C=O) groups excluding carboxylic acids is 2. The summed E-state index contributed by atoms with van der Waals surface area (Å²) in [6, 6.07) is 5.92. The molecule has 2 aliphatic heterocycles. The number of benzene rings is 1. The number of likely N-dealkylation sites (tertiary alicyclic amines) is 1. The van der Waals surface area contributed by atoms with Crippen molar-refractivity contribution in [2.45, 2.75) is 44.4 Å². The van der Waals surface area contributed by atoms with Crippen molar-refractivity contribution in [3.8, 4) is 0 Å². The van der Waals surface area contributed by atoms with Gasteiger partial charge in [-0.25, -0.2) is 4.79 Å². The van der Waals surface area contributed by atoms with Crippen LogP contribution in [0.25, 0.3) is 0 Å². The zero-order valence-corrected chi connectivity index (χ0v) is 22.9. The summed E-state index contributed by atoms with van der Waals surface area (Å²) in [5.74, 6) is 1.32. The van der Waals surface area contributed by atoms with Gasteiger partial charge < -0.3 is 14.7 Å². The molecular formula is C29H37F3N6O2. The van der Waals surface area contributed by atoms with E-state index in [1.807, 2.05) is 16.8 Å². The highest BCUT2D eigenvalue weighted by molar-refractivity contribution is 5.94. The first-order valence-corrected chi connectivity index (χ1v) is 14.4. The highest BCUT2D eigenvalue weighted by atomic mass is 19.4. The fourth-order valence-electron chi connectivity index (χ4n) is 6.94. The molecular weight excluding hydrogens is 521 g/mol. The van der Waals surface area contributed by atoms with Gasteiger partial charge in [0.05, 0.1) is 17.3 Å². The maximum absolute atomic E-state index is 13.2. The zero-order chi connectivity index (χ0) is 28.0. The molecule has 4 fully saturated rings. The first-order chi connectivity index (χ1) is 19.1. The van der Waals surface area contributed by atoms with E-state index in [2.05, 4.69) is 14.9 Å². The van der Waals surface area contributed by atoms with E-state index in [1.165, 1.54) is 23.7 Å². The molecule has 0 N–H and O–H groups in total. The lowest BCUT2D eigenvalue weighted by atomic mass is 10.0. The van der Waals surface area contributed by atoms with E-state index in [0.717, 1.165) is 50.2 Å². The second-order valence-corrected chi connectivity index (χ2v) is 12.2. The van der Waals surface area contributed by atoms with Crippen molar-refractivity contribution in [3.63, 3.8) is 0 Å². The molecule has 40 heavy (non-hydrogen) atoms. The molecule has 0 radical (unpaired) electrons. The number of halogens is 3. The minimum absolute atomic E-state index is 0.0592. The van der Waals surface area contributed by atoms with Crippen LogP contribution < -0.4 is 0 Å². The van der Waals surface area contributed by atoms with Gasteiger partial charge in [-0.1, -0.05) is 12.1 Å². The van der Waals surface area contributed by atoms with Gasteiger partial charge in [0, 0.05) is 64.6 Å². The summed E-state index contributed by atoms with van der Waals surface area (Å²) in [6.45, 7) is 6.10. The van der Waals surface area contributed by atoms with Gasteiger partial charge in [-0.15, -0.1) is 0 Å². The van der Waals surface area contributed by atoms with E-state index in [4.69, 9.17) is 0 Å². The Hall–Kier alpha value is -2.92. The van der Waals surface area contributed by atoms with Gasteiger partial charge >= 0.3 is 12.2 Å². The predicted molar refractivity (Wildman–Crippen MR) is 143 cm³/mol. The summed E-state index contributed by atoms with van der Waals surface area (Å²) >= 11 is 0. The van der Waals surface area contributed by atoms with Crippen molar-refractivity contribution in [1.82, 2.24) is 29.4 Å². The Labute approximate surface area is 232 Å². The third-order valence-electron chi connectivity index (χ3n) is 9.11. The maximum atomic E-state index is 13.2. The van der Waals surface area contributed by atoms with E-state index in [-0.39, 0.29) is 11.9 Å². The molecule has 3 heterocycles. The van der Waals surface area contributed by atoms with E-state index >= 15 is 0 Å². The summed E-state index contributed by atoms with van der Waals surface area (Å²) in [5, 5.41) is 4.24. The third-order valence-corrected chi connectivity index (χ3v) is 9.11. The minimum Gasteiger partial charge on any atom is -0.336 e. The number of carbonyl (C=O) groups is 2. The largest absolute Gasteiger partial charge is 0.416 e. The van der Waals surface area contributed by atoms with Crippen LogP contribution in [0.5, 0.6) is 0 Å². The lowest BCUT2D eigenvalue weighted by molar-refractivity contribution is -0.137. The number of alkyl halides is 3. The van der Waals surface area contributed by atoms with Crippen LogP contribution in [0.3, 0.4) is 0 Å². The molecule has 2 unspecified atom stereocenters. The number of hydrogen-bond acceptors (Lipinski definition) is 5. The quantitative estimate of drug-likeness (QED) is 0.539. The molecule has 0 bridgehead atoms. The molecule has 2 aliphatic carbocycles. The topological polar surface area (TPSA) is 64.9 Å². The molecule has 6 rings (SSSR count). The maximum Gasteiger partial charge on any atom is 0.416 e. The summed E-state index contributed by atoms with van der Waals surface area (Å²) in [5.41, 5.74) is 0.702. The standard InChI is InChI=1S/C29H37F3N6O2/c1-34(15-20-2-4-25(5-3-20)29(30,31)32)16-21-12-22-17-37(18-23(22)13-21)28(40)38-19-24(14-33-38)27(39)36-10-8-35(9-11-36)26-6-7-26/h2-5,14,19,21-23,26H,6-13,15-18H2,1H3/t21?,22-,23?/m1/s1. The Bertz CT molecular complexity index is 1210. The van der Waals surface area contributed by atoms with E-state index in [0.29, 0.717) is 62.1 Å². The average Bonchev–Trinajstić information content (AvgIpc) is 3.34. The second kappa shape index (κ2) is 10.8. The van der Waals surface area contributed by atoms with Crippen LogP contribution in [0.4, 0.5) is 18.0 Å². The van der Waals surface area contributed by atoms with Crippen LogP contribution in [-0.4, -0.2) is 100 Å². The SMILES string of the molecule is CN(Cc1ccc(C(F)(F)F)cc1)CC1CC2CN(C(=O)n3cc(C(=O)N4CCN(C5CC5)CC4)cn3)C[C@H]2C1. The summed E-state index contributed by atoms with van der Waals surface area (Å²) < 4.78 is 39.8. The number of aromatic nitrogens is 2. The van der Waals surface area contributed by atoms with Gasteiger partial charge in [-0.05, 0) is 68.2 Å². The van der Waals surface area contributed by atoms with Gasteiger partial charge in [0.1, 0.15) is 0 Å². The monoisotopic (exact) mass is 558 g/mol. The molecule has 2 saturated heterocycles. The Kier molecular flexibility index (Phi) is 7.37. The first-order valence-electron chi connectivity index (χ1n) is 14.4. The number of amides is 2. The van der Waals surface area contributed by atoms with Gasteiger partial charge in [-0.3, -0.25) is 9.69 Å². The Morgan fingerprint density at radius 3 is 2.23 bits per heavy atom. The molecule has 11 heteroatoms. The van der Waals surface area contributed by atoms with Crippen molar-refractivity contribution in [2.75, 3.05) is 52.9 Å². The molecule has 1 aromatic heterocycles. The predicted octanol–water partition coefficient (Wildman–Crippen LogP) is 3.88. The van der Waals surface area contributed by atoms with Gasteiger partial charge in [0.15, 0.2) is 0 Å². The summed E-state index contributed by atoms with van der Waals surface area (Å²) in [6.07, 6.45) is 3.36. The molecule has 216 valence electrons. The van der Waals surface area contributed by atoms with Crippen LogP contribution in [0.1, 0.15) is 47.2 Å². The first kappa shape index (κ1) is 27.3. The number of hydrogen-bond donors (Lipinski definition) is 0. The summed E-state index contributed by atoms with van der Waals surface area (Å²) in [4.78, 5) is 34.5. The van der Waals surface area contributed by atoms with Crippen LogP contribution in [0, 0.1) is 17.8 Å². The number of rotatable bonds is 6. The van der Waals surface area contributed by atoms with E-state index in [1.54, 1.807) is 18.3 Å².